The molecule has 0 unspecified atom stereocenters. The van der Waals surface area contributed by atoms with E-state index < -0.39 is 17.6 Å². The zero-order chi connectivity index (χ0) is 15.5. The van der Waals surface area contributed by atoms with Crippen LogP contribution in [0, 0.1) is 5.82 Å². The molecule has 0 aliphatic rings. The molecule has 0 aliphatic heterocycles. The van der Waals surface area contributed by atoms with Crippen molar-refractivity contribution in [1.82, 2.24) is 0 Å². The predicted molar refractivity (Wildman–Crippen MR) is 72.2 cm³/mol. The van der Waals surface area contributed by atoms with Crippen LogP contribution in [0.15, 0.2) is 42.5 Å². The predicted octanol–water partition coefficient (Wildman–Crippen LogP) is 4.83. The van der Waals surface area contributed by atoms with Crippen LogP contribution >= 0.6 is 0 Å². The summed E-state index contributed by atoms with van der Waals surface area (Å²) in [5.74, 6) is -1.31. The maximum Gasteiger partial charge on any atom is 0.419 e. The Bertz CT molecular complexity index is 687. The fourth-order valence-corrected chi connectivity index (χ4v) is 1.82. The first-order chi connectivity index (χ1) is 9.91. The van der Waals surface area contributed by atoms with E-state index in [2.05, 4.69) is 0 Å². The summed E-state index contributed by atoms with van der Waals surface area (Å²) in [4.78, 5) is 10.6. The highest BCUT2D eigenvalue weighted by atomic mass is 19.4. The Kier molecular flexibility index (Phi) is 4.21. The highest BCUT2D eigenvalue weighted by molar-refractivity contribution is 5.78. The number of hydrogen-bond acceptors (Lipinski definition) is 1. The Morgan fingerprint density at radius 2 is 1.57 bits per heavy atom. The molecule has 0 amide bonds. The molecular formula is C16H10F4O. The number of hydrogen-bond donors (Lipinski definition) is 0. The van der Waals surface area contributed by atoms with Gasteiger partial charge >= 0.3 is 6.18 Å². The lowest BCUT2D eigenvalue weighted by atomic mass is 10.1. The first-order valence-corrected chi connectivity index (χ1v) is 6.01. The third-order valence-electron chi connectivity index (χ3n) is 2.84. The summed E-state index contributed by atoms with van der Waals surface area (Å²) in [6, 6.07) is 9.53. The van der Waals surface area contributed by atoms with Gasteiger partial charge in [-0.05, 0) is 17.7 Å². The fraction of sp³-hybridized carbons (Fsp3) is 0.0625. The van der Waals surface area contributed by atoms with Crippen LogP contribution in [0.2, 0.25) is 0 Å². The Hall–Kier alpha value is -2.43. The van der Waals surface area contributed by atoms with E-state index >= 15 is 0 Å². The van der Waals surface area contributed by atoms with Gasteiger partial charge in [0.2, 0.25) is 0 Å². The molecule has 5 heteroatoms. The average molecular weight is 294 g/mol. The zero-order valence-corrected chi connectivity index (χ0v) is 10.7. The number of aldehydes is 1. The fourth-order valence-electron chi connectivity index (χ4n) is 1.82. The summed E-state index contributed by atoms with van der Waals surface area (Å²) < 4.78 is 51.6. The monoisotopic (exact) mass is 294 g/mol. The van der Waals surface area contributed by atoms with Gasteiger partial charge in [-0.25, -0.2) is 4.39 Å². The molecule has 0 bridgehead atoms. The molecule has 0 fully saturated rings. The summed E-state index contributed by atoms with van der Waals surface area (Å²) >= 11 is 0. The molecule has 0 aromatic heterocycles. The number of carbonyl (C=O) groups is 1. The van der Waals surface area contributed by atoms with Crippen LogP contribution in [0.3, 0.4) is 0 Å². The molecule has 0 radical (unpaired) electrons. The van der Waals surface area contributed by atoms with Crippen LogP contribution in [-0.4, -0.2) is 6.29 Å². The van der Waals surface area contributed by atoms with Crippen molar-refractivity contribution in [1.29, 1.82) is 0 Å². The minimum Gasteiger partial charge on any atom is -0.298 e. The van der Waals surface area contributed by atoms with Crippen LogP contribution in [-0.2, 0) is 6.18 Å². The van der Waals surface area contributed by atoms with Crippen molar-refractivity contribution in [2.75, 3.05) is 0 Å². The van der Waals surface area contributed by atoms with Crippen LogP contribution < -0.4 is 0 Å². The Morgan fingerprint density at radius 1 is 0.905 bits per heavy atom. The normalized spacial score (nSPS) is 11.8. The first-order valence-electron chi connectivity index (χ1n) is 6.01. The maximum atomic E-state index is 13.8. The Morgan fingerprint density at radius 3 is 2.24 bits per heavy atom. The summed E-state index contributed by atoms with van der Waals surface area (Å²) in [7, 11) is 0. The zero-order valence-electron chi connectivity index (χ0n) is 10.7. The van der Waals surface area contributed by atoms with Crippen molar-refractivity contribution in [2.24, 2.45) is 0 Å². The van der Waals surface area contributed by atoms with Gasteiger partial charge in [-0.2, -0.15) is 13.2 Å². The van der Waals surface area contributed by atoms with E-state index in [4.69, 9.17) is 0 Å². The SMILES string of the molecule is O=Cc1cccc(/C=C/c2cccc(C(F)(F)F)c2F)c1. The molecule has 0 heterocycles. The molecule has 0 atom stereocenters. The molecule has 0 N–H and O–H groups in total. The van der Waals surface area contributed by atoms with E-state index in [9.17, 15) is 22.4 Å². The van der Waals surface area contributed by atoms with E-state index in [1.807, 2.05) is 0 Å². The second-order valence-corrected chi connectivity index (χ2v) is 4.33. The van der Waals surface area contributed by atoms with Gasteiger partial charge in [0.1, 0.15) is 12.1 Å². The lowest BCUT2D eigenvalue weighted by Crippen LogP contribution is -2.08. The molecule has 2 rings (SSSR count). The lowest BCUT2D eigenvalue weighted by molar-refractivity contribution is -0.140. The topological polar surface area (TPSA) is 17.1 Å². The number of halogens is 4. The Labute approximate surface area is 118 Å². The third-order valence-corrected chi connectivity index (χ3v) is 2.84. The van der Waals surface area contributed by atoms with Gasteiger partial charge in [-0.15, -0.1) is 0 Å². The van der Waals surface area contributed by atoms with E-state index in [-0.39, 0.29) is 5.56 Å². The largest absolute Gasteiger partial charge is 0.419 e. The minimum atomic E-state index is -4.73. The smallest absolute Gasteiger partial charge is 0.298 e. The van der Waals surface area contributed by atoms with E-state index in [0.29, 0.717) is 23.5 Å². The molecule has 2 aromatic rings. The molecule has 0 saturated heterocycles. The van der Waals surface area contributed by atoms with E-state index in [1.165, 1.54) is 18.2 Å². The first kappa shape index (κ1) is 15.0. The van der Waals surface area contributed by atoms with Gasteiger partial charge in [-0.1, -0.05) is 42.5 Å². The van der Waals surface area contributed by atoms with E-state index in [1.54, 1.807) is 24.3 Å². The van der Waals surface area contributed by atoms with Crippen LogP contribution in [0.4, 0.5) is 17.6 Å². The minimum absolute atomic E-state index is 0.165. The van der Waals surface area contributed by atoms with Gasteiger partial charge in [0.25, 0.3) is 0 Å². The molecule has 0 aliphatic carbocycles. The van der Waals surface area contributed by atoms with Crippen LogP contribution in [0.5, 0.6) is 0 Å². The van der Waals surface area contributed by atoms with Gasteiger partial charge in [0.15, 0.2) is 0 Å². The summed E-state index contributed by atoms with van der Waals surface area (Å²) in [5.41, 5.74) is -0.439. The number of benzene rings is 2. The second kappa shape index (κ2) is 5.91. The number of carbonyl (C=O) groups excluding carboxylic acids is 1. The maximum absolute atomic E-state index is 13.8. The third kappa shape index (κ3) is 3.56. The molecular weight excluding hydrogens is 284 g/mol. The highest BCUT2D eigenvalue weighted by Gasteiger charge is 2.34. The van der Waals surface area contributed by atoms with E-state index in [0.717, 1.165) is 6.07 Å². The summed E-state index contributed by atoms with van der Waals surface area (Å²) in [5, 5.41) is 0. The highest BCUT2D eigenvalue weighted by Crippen LogP contribution is 2.32. The molecule has 2 aromatic carbocycles. The second-order valence-electron chi connectivity index (χ2n) is 4.33. The van der Waals surface area contributed by atoms with Crippen molar-refractivity contribution in [3.63, 3.8) is 0 Å². The molecule has 0 spiro atoms. The average Bonchev–Trinajstić information content (AvgIpc) is 2.45. The van der Waals surface area contributed by atoms with Crippen molar-refractivity contribution < 1.29 is 22.4 Å². The Balaban J connectivity index is 2.35. The molecule has 108 valence electrons. The van der Waals surface area contributed by atoms with Gasteiger partial charge in [0.05, 0.1) is 5.56 Å². The summed E-state index contributed by atoms with van der Waals surface area (Å²) in [6.07, 6.45) is -1.38. The van der Waals surface area contributed by atoms with Crippen molar-refractivity contribution in [2.45, 2.75) is 6.18 Å². The van der Waals surface area contributed by atoms with Gasteiger partial charge in [-0.3, -0.25) is 4.79 Å². The number of rotatable bonds is 3. The standard InChI is InChI=1S/C16H10F4O/c17-15-13(5-2-6-14(15)16(18,19)20)8-7-11-3-1-4-12(9-11)10-21/h1-10H/b8-7+. The molecule has 1 nitrogen and oxygen atoms in total. The van der Waals surface area contributed by atoms with Crippen molar-refractivity contribution >= 4 is 18.4 Å². The quantitative estimate of drug-likeness (QED) is 0.450. The lowest BCUT2D eigenvalue weighted by Gasteiger charge is -2.09. The van der Waals surface area contributed by atoms with Crippen LogP contribution in [0.1, 0.15) is 27.0 Å². The summed E-state index contributed by atoms with van der Waals surface area (Å²) in [6.45, 7) is 0. The van der Waals surface area contributed by atoms with Crippen LogP contribution in [0.25, 0.3) is 12.2 Å². The molecule has 0 saturated carbocycles. The number of alkyl halides is 3. The van der Waals surface area contributed by atoms with Crippen molar-refractivity contribution in [3.8, 4) is 0 Å². The van der Waals surface area contributed by atoms with Crippen molar-refractivity contribution in [3.05, 3.63) is 70.5 Å². The molecule has 21 heavy (non-hydrogen) atoms. The van der Waals surface area contributed by atoms with Gasteiger partial charge in [0, 0.05) is 11.1 Å². The van der Waals surface area contributed by atoms with Gasteiger partial charge < -0.3 is 0 Å².